The van der Waals surface area contributed by atoms with Gasteiger partial charge in [0.25, 0.3) is 0 Å². The van der Waals surface area contributed by atoms with Crippen molar-refractivity contribution >= 4 is 5.78 Å². The van der Waals surface area contributed by atoms with Gasteiger partial charge in [-0.05, 0) is 27.2 Å². The van der Waals surface area contributed by atoms with Gasteiger partial charge in [0.15, 0.2) is 6.29 Å². The van der Waals surface area contributed by atoms with E-state index in [0.717, 1.165) is 0 Å². The summed E-state index contributed by atoms with van der Waals surface area (Å²) in [5.41, 5.74) is 0. The van der Waals surface area contributed by atoms with Crippen LogP contribution >= 0.6 is 0 Å². The van der Waals surface area contributed by atoms with Crippen molar-refractivity contribution in [3.8, 4) is 0 Å². The Hall–Kier alpha value is -0.490. The summed E-state index contributed by atoms with van der Waals surface area (Å²) in [4.78, 5) is 10.8. The minimum Gasteiger partial charge on any atom is -0.390 e. The maximum Gasteiger partial charge on any atom is 0.184 e. The Morgan fingerprint density at radius 2 is 2.12 bits per heavy atom. The van der Waals surface area contributed by atoms with Crippen LogP contribution in [0.1, 0.15) is 40.0 Å². The Balaban J connectivity index is 2.37. The maximum atomic E-state index is 10.8. The maximum absolute atomic E-state index is 10.8. The molecule has 1 fully saturated rings. The fourth-order valence-corrected chi connectivity index (χ4v) is 1.77. The predicted octanol–water partition coefficient (Wildman–Crippen LogP) is 0.617. The summed E-state index contributed by atoms with van der Waals surface area (Å²) in [5, 5.41) is 19.2. The van der Waals surface area contributed by atoms with Gasteiger partial charge < -0.3 is 24.5 Å². The van der Waals surface area contributed by atoms with Crippen LogP contribution in [0.25, 0.3) is 0 Å². The first-order chi connectivity index (χ1) is 7.90. The van der Waals surface area contributed by atoms with E-state index in [2.05, 4.69) is 0 Å². The Morgan fingerprint density at radius 3 is 2.71 bits per heavy atom. The van der Waals surface area contributed by atoms with Gasteiger partial charge in [0.2, 0.25) is 0 Å². The zero-order valence-corrected chi connectivity index (χ0v) is 10.6. The molecule has 1 saturated heterocycles. The second kappa shape index (κ2) is 6.44. The van der Waals surface area contributed by atoms with E-state index in [1.54, 1.807) is 6.92 Å². The lowest BCUT2D eigenvalue weighted by Gasteiger charge is -2.36. The molecule has 5 heteroatoms. The molecular weight excluding hydrogens is 224 g/mol. The van der Waals surface area contributed by atoms with E-state index in [1.807, 2.05) is 6.92 Å². The van der Waals surface area contributed by atoms with E-state index in [9.17, 15) is 15.0 Å². The number of hydrogen-bond donors (Lipinski definition) is 2. The zero-order chi connectivity index (χ0) is 13.0. The molecule has 0 bridgehead atoms. The van der Waals surface area contributed by atoms with Crippen LogP contribution in [0, 0.1) is 0 Å². The highest BCUT2D eigenvalue weighted by atomic mass is 16.7. The van der Waals surface area contributed by atoms with Gasteiger partial charge in [-0.25, -0.2) is 0 Å². The average molecular weight is 246 g/mol. The molecule has 100 valence electrons. The summed E-state index contributed by atoms with van der Waals surface area (Å²) < 4.78 is 10.9. The highest BCUT2D eigenvalue weighted by molar-refractivity contribution is 5.75. The van der Waals surface area contributed by atoms with Crippen molar-refractivity contribution in [2.75, 3.05) is 0 Å². The number of carbonyl (C=O) groups excluding carboxylic acids is 1. The molecule has 5 nitrogen and oxygen atoms in total. The largest absolute Gasteiger partial charge is 0.390 e. The van der Waals surface area contributed by atoms with Crippen LogP contribution in [-0.4, -0.2) is 46.7 Å². The molecule has 1 rings (SSSR count). The number of aliphatic hydroxyl groups excluding tert-OH is 2. The number of ketones is 1. The van der Waals surface area contributed by atoms with Crippen molar-refractivity contribution in [2.45, 2.75) is 70.7 Å². The van der Waals surface area contributed by atoms with E-state index in [1.165, 1.54) is 6.92 Å². The Kier molecular flexibility index (Phi) is 5.52. The van der Waals surface area contributed by atoms with E-state index in [0.29, 0.717) is 12.8 Å². The molecule has 1 aliphatic heterocycles. The molecular formula is C12H22O5. The summed E-state index contributed by atoms with van der Waals surface area (Å²) in [6, 6.07) is 0. The van der Waals surface area contributed by atoms with Gasteiger partial charge in [0, 0.05) is 12.8 Å². The summed E-state index contributed by atoms with van der Waals surface area (Å²) >= 11 is 0. The van der Waals surface area contributed by atoms with Crippen LogP contribution in [-0.2, 0) is 14.3 Å². The van der Waals surface area contributed by atoms with Gasteiger partial charge in [-0.15, -0.1) is 0 Å². The lowest BCUT2D eigenvalue weighted by molar-refractivity contribution is -0.273. The third kappa shape index (κ3) is 4.71. The highest BCUT2D eigenvalue weighted by Gasteiger charge is 2.35. The van der Waals surface area contributed by atoms with Crippen LogP contribution in [0.5, 0.6) is 0 Å². The van der Waals surface area contributed by atoms with Crippen LogP contribution < -0.4 is 0 Å². The van der Waals surface area contributed by atoms with Crippen molar-refractivity contribution in [2.24, 2.45) is 0 Å². The van der Waals surface area contributed by atoms with Crippen LogP contribution in [0.4, 0.5) is 0 Å². The van der Waals surface area contributed by atoms with E-state index in [-0.39, 0.29) is 24.4 Å². The third-order valence-corrected chi connectivity index (χ3v) is 2.96. The molecule has 1 heterocycles. The third-order valence-electron chi connectivity index (χ3n) is 2.96. The van der Waals surface area contributed by atoms with Crippen molar-refractivity contribution in [1.29, 1.82) is 0 Å². The van der Waals surface area contributed by atoms with E-state index in [4.69, 9.17) is 9.47 Å². The SMILES string of the molecule is CC(=O)CC[C@@H](C)O[C@@H]1OC(C)[C@H](O)C[C@@H]1O. The first-order valence-electron chi connectivity index (χ1n) is 6.06. The molecule has 0 aromatic carbocycles. The van der Waals surface area contributed by atoms with E-state index < -0.39 is 18.5 Å². The number of aliphatic hydroxyl groups is 2. The molecule has 1 unspecified atom stereocenters. The molecule has 5 atom stereocenters. The molecule has 0 aliphatic carbocycles. The molecule has 17 heavy (non-hydrogen) atoms. The van der Waals surface area contributed by atoms with Gasteiger partial charge >= 0.3 is 0 Å². The minimum atomic E-state index is -0.819. The summed E-state index contributed by atoms with van der Waals surface area (Å²) in [6.45, 7) is 5.12. The number of rotatable bonds is 5. The standard InChI is InChI=1S/C12H22O5/c1-7(13)4-5-8(2)16-12-11(15)6-10(14)9(3)17-12/h8-12,14-15H,4-6H2,1-3H3/t8-,9?,10-,11+,12-/m1/s1. The van der Waals surface area contributed by atoms with Gasteiger partial charge in [-0.3, -0.25) is 0 Å². The average Bonchev–Trinajstić information content (AvgIpc) is 2.23. The Morgan fingerprint density at radius 1 is 1.47 bits per heavy atom. The smallest absolute Gasteiger partial charge is 0.184 e. The number of Topliss-reactive ketones (excluding diaryl/α,β-unsaturated/α-hetero) is 1. The number of hydrogen-bond acceptors (Lipinski definition) is 5. The normalized spacial score (nSPS) is 35.6. The lowest BCUT2D eigenvalue weighted by atomic mass is 10.0. The summed E-state index contributed by atoms with van der Waals surface area (Å²) in [7, 11) is 0. The fourth-order valence-electron chi connectivity index (χ4n) is 1.77. The van der Waals surface area contributed by atoms with Crippen LogP contribution in [0.2, 0.25) is 0 Å². The number of carbonyl (C=O) groups is 1. The van der Waals surface area contributed by atoms with Crippen molar-refractivity contribution in [1.82, 2.24) is 0 Å². The Bertz CT molecular complexity index is 255. The second-order valence-corrected chi connectivity index (χ2v) is 4.77. The first kappa shape index (κ1) is 14.6. The topological polar surface area (TPSA) is 76.0 Å². The van der Waals surface area contributed by atoms with Gasteiger partial charge in [-0.2, -0.15) is 0 Å². The Labute approximate surface area is 102 Å². The van der Waals surface area contributed by atoms with Crippen molar-refractivity contribution in [3.63, 3.8) is 0 Å². The molecule has 0 amide bonds. The van der Waals surface area contributed by atoms with Crippen LogP contribution in [0.3, 0.4) is 0 Å². The predicted molar refractivity (Wildman–Crippen MR) is 61.4 cm³/mol. The van der Waals surface area contributed by atoms with Crippen molar-refractivity contribution in [3.05, 3.63) is 0 Å². The zero-order valence-electron chi connectivity index (χ0n) is 10.6. The van der Waals surface area contributed by atoms with Gasteiger partial charge in [0.1, 0.15) is 11.9 Å². The van der Waals surface area contributed by atoms with Crippen LogP contribution in [0.15, 0.2) is 0 Å². The summed E-state index contributed by atoms with van der Waals surface area (Å²) in [5.74, 6) is 0.120. The molecule has 0 radical (unpaired) electrons. The molecule has 0 aromatic rings. The van der Waals surface area contributed by atoms with Crippen molar-refractivity contribution < 1.29 is 24.5 Å². The monoisotopic (exact) mass is 246 g/mol. The second-order valence-electron chi connectivity index (χ2n) is 4.77. The molecule has 0 spiro atoms. The molecule has 0 saturated carbocycles. The summed E-state index contributed by atoms with van der Waals surface area (Å²) in [6.07, 6.45) is -1.36. The fraction of sp³-hybridized carbons (Fsp3) is 0.917. The quantitative estimate of drug-likeness (QED) is 0.743. The number of ether oxygens (including phenoxy) is 2. The minimum absolute atomic E-state index is 0.120. The lowest BCUT2D eigenvalue weighted by Crippen LogP contribution is -2.48. The molecule has 0 aromatic heterocycles. The van der Waals surface area contributed by atoms with Gasteiger partial charge in [-0.1, -0.05) is 0 Å². The van der Waals surface area contributed by atoms with E-state index >= 15 is 0 Å². The molecule has 2 N–H and O–H groups in total. The first-order valence-corrected chi connectivity index (χ1v) is 6.06. The highest BCUT2D eigenvalue weighted by Crippen LogP contribution is 2.22. The molecule has 1 aliphatic rings. The van der Waals surface area contributed by atoms with Gasteiger partial charge in [0.05, 0.1) is 18.3 Å².